The number of nitrogens with one attached hydrogen (secondary N) is 2. The minimum Gasteiger partial charge on any atom is -0.497 e. The standard InChI is InChI=1S/C27H26N4O4/c1-34-22-12-8-19(9-13-22)17-28-26(32)18-29-27(33)24-16-25(20-10-14-23(35-2)15-11-20)31(30-24)21-6-4-3-5-7-21/h3-16H,17-18H2,1-2H3,(H,28,32)(H,29,33). The van der Waals surface area contributed by atoms with Gasteiger partial charge in [0.25, 0.3) is 5.91 Å². The average Bonchev–Trinajstić information content (AvgIpc) is 3.37. The zero-order valence-corrected chi connectivity index (χ0v) is 19.5. The molecule has 8 heteroatoms. The maximum atomic E-state index is 12.8. The maximum Gasteiger partial charge on any atom is 0.272 e. The summed E-state index contributed by atoms with van der Waals surface area (Å²) in [5, 5.41) is 9.96. The Morgan fingerprint density at radius 3 is 2.09 bits per heavy atom. The Morgan fingerprint density at radius 1 is 0.829 bits per heavy atom. The van der Waals surface area contributed by atoms with Crippen molar-refractivity contribution in [3.05, 3.63) is 96.2 Å². The van der Waals surface area contributed by atoms with Crippen molar-refractivity contribution in [3.63, 3.8) is 0 Å². The second kappa shape index (κ2) is 11.0. The highest BCUT2D eigenvalue weighted by Gasteiger charge is 2.17. The Morgan fingerprint density at radius 2 is 1.46 bits per heavy atom. The van der Waals surface area contributed by atoms with E-state index in [-0.39, 0.29) is 18.1 Å². The zero-order valence-electron chi connectivity index (χ0n) is 19.5. The smallest absolute Gasteiger partial charge is 0.272 e. The lowest BCUT2D eigenvalue weighted by atomic mass is 10.1. The van der Waals surface area contributed by atoms with E-state index in [1.165, 1.54) is 0 Å². The quantitative estimate of drug-likeness (QED) is 0.390. The van der Waals surface area contributed by atoms with Crippen molar-refractivity contribution in [2.45, 2.75) is 6.54 Å². The summed E-state index contributed by atoms with van der Waals surface area (Å²) in [6.45, 7) is 0.188. The number of benzene rings is 3. The van der Waals surface area contributed by atoms with Gasteiger partial charge in [-0.3, -0.25) is 9.59 Å². The molecule has 0 bridgehead atoms. The molecule has 0 fully saturated rings. The van der Waals surface area contributed by atoms with E-state index < -0.39 is 5.91 Å². The topological polar surface area (TPSA) is 94.5 Å². The van der Waals surface area contributed by atoms with Crippen molar-refractivity contribution in [3.8, 4) is 28.4 Å². The third-order valence-corrected chi connectivity index (χ3v) is 5.39. The van der Waals surface area contributed by atoms with Gasteiger partial charge < -0.3 is 20.1 Å². The number of aromatic nitrogens is 2. The van der Waals surface area contributed by atoms with E-state index in [0.717, 1.165) is 34.0 Å². The van der Waals surface area contributed by atoms with Crippen molar-refractivity contribution >= 4 is 11.8 Å². The number of hydrogen-bond acceptors (Lipinski definition) is 5. The van der Waals surface area contributed by atoms with Crippen LogP contribution in [0.1, 0.15) is 16.1 Å². The maximum absolute atomic E-state index is 12.8. The summed E-state index contributed by atoms with van der Waals surface area (Å²) in [7, 11) is 3.21. The fourth-order valence-corrected chi connectivity index (χ4v) is 3.48. The molecule has 8 nitrogen and oxygen atoms in total. The van der Waals surface area contributed by atoms with Crippen molar-refractivity contribution in [2.24, 2.45) is 0 Å². The lowest BCUT2D eigenvalue weighted by Gasteiger charge is -2.08. The molecule has 0 aliphatic heterocycles. The molecule has 2 amide bonds. The summed E-state index contributed by atoms with van der Waals surface area (Å²) >= 11 is 0. The fraction of sp³-hybridized carbons (Fsp3) is 0.148. The van der Waals surface area contributed by atoms with E-state index in [0.29, 0.717) is 6.54 Å². The van der Waals surface area contributed by atoms with E-state index in [2.05, 4.69) is 15.7 Å². The molecule has 1 aromatic heterocycles. The Balaban J connectivity index is 1.45. The summed E-state index contributed by atoms with van der Waals surface area (Å²) in [5.41, 5.74) is 3.57. The van der Waals surface area contributed by atoms with Crippen LogP contribution in [0.3, 0.4) is 0 Å². The normalized spacial score (nSPS) is 10.5. The van der Waals surface area contributed by atoms with Crippen molar-refractivity contribution in [1.29, 1.82) is 0 Å². The molecule has 0 saturated heterocycles. The van der Waals surface area contributed by atoms with Crippen LogP contribution in [0.5, 0.6) is 11.5 Å². The van der Waals surface area contributed by atoms with E-state index in [1.807, 2.05) is 78.9 Å². The number of carbonyl (C=O) groups excluding carboxylic acids is 2. The molecule has 4 aromatic rings. The molecule has 1 heterocycles. The molecule has 0 atom stereocenters. The van der Waals surface area contributed by atoms with Gasteiger partial charge in [-0.1, -0.05) is 30.3 Å². The second-order valence-corrected chi connectivity index (χ2v) is 7.70. The van der Waals surface area contributed by atoms with E-state index in [9.17, 15) is 9.59 Å². The number of rotatable bonds is 9. The Kier molecular flexibility index (Phi) is 7.42. The highest BCUT2D eigenvalue weighted by molar-refractivity contribution is 5.96. The molecule has 4 rings (SSSR count). The molecule has 0 aliphatic carbocycles. The first-order valence-corrected chi connectivity index (χ1v) is 11.0. The largest absolute Gasteiger partial charge is 0.497 e. The van der Waals surface area contributed by atoms with E-state index in [1.54, 1.807) is 25.0 Å². The van der Waals surface area contributed by atoms with Gasteiger partial charge in [0.05, 0.1) is 32.1 Å². The van der Waals surface area contributed by atoms with E-state index >= 15 is 0 Å². The van der Waals surface area contributed by atoms with Crippen LogP contribution in [0.15, 0.2) is 84.9 Å². The fourth-order valence-electron chi connectivity index (χ4n) is 3.48. The number of nitrogens with zero attached hydrogens (tertiary/aromatic N) is 2. The molecule has 35 heavy (non-hydrogen) atoms. The van der Waals surface area contributed by atoms with Gasteiger partial charge in [0, 0.05) is 12.1 Å². The van der Waals surface area contributed by atoms with Crippen molar-refractivity contribution < 1.29 is 19.1 Å². The van der Waals surface area contributed by atoms with Crippen molar-refractivity contribution in [1.82, 2.24) is 20.4 Å². The molecule has 2 N–H and O–H groups in total. The monoisotopic (exact) mass is 470 g/mol. The Bertz CT molecular complexity index is 1280. The first-order chi connectivity index (χ1) is 17.1. The van der Waals surface area contributed by atoms with Gasteiger partial charge in [-0.2, -0.15) is 5.10 Å². The molecule has 0 unspecified atom stereocenters. The van der Waals surface area contributed by atoms with Gasteiger partial charge in [0.1, 0.15) is 11.5 Å². The third-order valence-electron chi connectivity index (χ3n) is 5.39. The van der Waals surface area contributed by atoms with Gasteiger partial charge >= 0.3 is 0 Å². The molecule has 0 spiro atoms. The highest BCUT2D eigenvalue weighted by atomic mass is 16.5. The molecular weight excluding hydrogens is 444 g/mol. The highest BCUT2D eigenvalue weighted by Crippen LogP contribution is 2.26. The van der Waals surface area contributed by atoms with Gasteiger partial charge in [-0.25, -0.2) is 4.68 Å². The van der Waals surface area contributed by atoms with Gasteiger partial charge in [0.15, 0.2) is 5.69 Å². The first kappa shape index (κ1) is 23.6. The third kappa shape index (κ3) is 5.86. The minimum atomic E-state index is -0.436. The first-order valence-electron chi connectivity index (χ1n) is 11.0. The number of hydrogen-bond donors (Lipinski definition) is 2. The van der Waals surface area contributed by atoms with Crippen LogP contribution in [0.2, 0.25) is 0 Å². The summed E-state index contributed by atoms with van der Waals surface area (Å²) in [4.78, 5) is 25.1. The van der Waals surface area contributed by atoms with Crippen LogP contribution < -0.4 is 20.1 Å². The number of carbonyl (C=O) groups is 2. The van der Waals surface area contributed by atoms with Crippen LogP contribution in [0, 0.1) is 0 Å². The van der Waals surface area contributed by atoms with Gasteiger partial charge in [-0.05, 0) is 60.2 Å². The molecule has 0 aliphatic rings. The number of ether oxygens (including phenoxy) is 2. The number of para-hydroxylation sites is 1. The van der Waals surface area contributed by atoms with Crippen LogP contribution in [0.25, 0.3) is 16.9 Å². The predicted octanol–water partition coefficient (Wildman–Crippen LogP) is 3.60. The summed E-state index contributed by atoms with van der Waals surface area (Å²) in [5.74, 6) is 0.746. The Hall–Kier alpha value is -4.59. The predicted molar refractivity (Wildman–Crippen MR) is 133 cm³/mol. The molecule has 0 radical (unpaired) electrons. The van der Waals surface area contributed by atoms with Crippen LogP contribution >= 0.6 is 0 Å². The molecule has 3 aromatic carbocycles. The number of amides is 2. The van der Waals surface area contributed by atoms with Crippen LogP contribution in [0.4, 0.5) is 0 Å². The van der Waals surface area contributed by atoms with Crippen LogP contribution in [-0.2, 0) is 11.3 Å². The average molecular weight is 471 g/mol. The second-order valence-electron chi connectivity index (χ2n) is 7.70. The SMILES string of the molecule is COc1ccc(CNC(=O)CNC(=O)c2cc(-c3ccc(OC)cc3)n(-c3ccccc3)n2)cc1. The number of methoxy groups -OCH3 is 2. The summed E-state index contributed by atoms with van der Waals surface area (Å²) in [6, 6.07) is 26.2. The van der Waals surface area contributed by atoms with Gasteiger partial charge in [0.2, 0.25) is 5.91 Å². The zero-order chi connectivity index (χ0) is 24.6. The minimum absolute atomic E-state index is 0.162. The molecule has 0 saturated carbocycles. The van der Waals surface area contributed by atoms with Crippen molar-refractivity contribution in [2.75, 3.05) is 20.8 Å². The van der Waals surface area contributed by atoms with E-state index in [4.69, 9.17) is 9.47 Å². The Labute approximate surface area is 203 Å². The summed E-state index contributed by atoms with van der Waals surface area (Å²) in [6.07, 6.45) is 0. The molecular formula is C27H26N4O4. The molecule has 178 valence electrons. The lowest BCUT2D eigenvalue weighted by Crippen LogP contribution is -2.36. The van der Waals surface area contributed by atoms with Crippen LogP contribution in [-0.4, -0.2) is 42.4 Å². The summed E-state index contributed by atoms with van der Waals surface area (Å²) < 4.78 is 12.1. The van der Waals surface area contributed by atoms with Gasteiger partial charge in [-0.15, -0.1) is 0 Å². The lowest BCUT2D eigenvalue weighted by molar-refractivity contribution is -0.120.